The van der Waals surface area contributed by atoms with Crippen LogP contribution in [0.25, 0.3) is 0 Å². The minimum absolute atomic E-state index is 0.549. The first-order chi connectivity index (χ1) is 8.04. The Bertz CT molecular complexity index is 535. The molecule has 17 heavy (non-hydrogen) atoms. The molecule has 0 unspecified atom stereocenters. The third kappa shape index (κ3) is 3.03. The molecule has 0 saturated carbocycles. The summed E-state index contributed by atoms with van der Waals surface area (Å²) in [6, 6.07) is 7.73. The SMILES string of the molecule is Cc1nc(Br)cc(Oc2ccc(C)c(C)c2)n1. The fourth-order valence-corrected chi connectivity index (χ4v) is 1.91. The number of hydrogen-bond acceptors (Lipinski definition) is 3. The van der Waals surface area contributed by atoms with Crippen LogP contribution in [-0.2, 0) is 0 Å². The van der Waals surface area contributed by atoms with Gasteiger partial charge in [-0.05, 0) is 60.0 Å². The molecule has 1 heterocycles. The predicted octanol–water partition coefficient (Wildman–Crippen LogP) is 3.96. The highest BCUT2D eigenvalue weighted by molar-refractivity contribution is 9.10. The van der Waals surface area contributed by atoms with E-state index in [2.05, 4.69) is 39.7 Å². The summed E-state index contributed by atoms with van der Waals surface area (Å²) in [5, 5.41) is 0. The van der Waals surface area contributed by atoms with Gasteiger partial charge >= 0.3 is 0 Å². The second-order valence-electron chi connectivity index (χ2n) is 3.92. The molecule has 0 aliphatic carbocycles. The van der Waals surface area contributed by atoms with Gasteiger partial charge in [-0.1, -0.05) is 6.07 Å². The molecule has 0 atom stereocenters. The van der Waals surface area contributed by atoms with Crippen molar-refractivity contribution in [2.75, 3.05) is 0 Å². The molecule has 0 N–H and O–H groups in total. The van der Waals surface area contributed by atoms with Gasteiger partial charge in [-0.15, -0.1) is 0 Å². The van der Waals surface area contributed by atoms with E-state index in [1.165, 1.54) is 11.1 Å². The zero-order chi connectivity index (χ0) is 12.4. The van der Waals surface area contributed by atoms with Crippen LogP contribution in [0.15, 0.2) is 28.9 Å². The van der Waals surface area contributed by atoms with E-state index in [0.29, 0.717) is 11.7 Å². The van der Waals surface area contributed by atoms with Crippen LogP contribution in [0.4, 0.5) is 0 Å². The van der Waals surface area contributed by atoms with E-state index >= 15 is 0 Å². The molecule has 1 aromatic carbocycles. The average molecular weight is 293 g/mol. The minimum atomic E-state index is 0.549. The zero-order valence-electron chi connectivity index (χ0n) is 9.99. The molecule has 88 valence electrons. The normalized spacial score (nSPS) is 10.4. The van der Waals surface area contributed by atoms with Crippen LogP contribution in [0.1, 0.15) is 17.0 Å². The molecule has 0 fully saturated rings. The van der Waals surface area contributed by atoms with E-state index in [9.17, 15) is 0 Å². The van der Waals surface area contributed by atoms with Crippen molar-refractivity contribution in [2.45, 2.75) is 20.8 Å². The van der Waals surface area contributed by atoms with E-state index < -0.39 is 0 Å². The van der Waals surface area contributed by atoms with Crippen LogP contribution in [-0.4, -0.2) is 9.97 Å². The maximum atomic E-state index is 5.69. The Balaban J connectivity index is 2.28. The zero-order valence-corrected chi connectivity index (χ0v) is 11.6. The quantitative estimate of drug-likeness (QED) is 0.786. The number of aryl methyl sites for hydroxylation is 3. The third-order valence-electron chi connectivity index (χ3n) is 2.48. The molecule has 0 aliphatic rings. The van der Waals surface area contributed by atoms with E-state index in [1.54, 1.807) is 6.07 Å². The summed E-state index contributed by atoms with van der Waals surface area (Å²) in [6.45, 7) is 5.96. The first-order valence-electron chi connectivity index (χ1n) is 5.31. The van der Waals surface area contributed by atoms with Gasteiger partial charge in [0.25, 0.3) is 0 Å². The molecule has 0 amide bonds. The minimum Gasteiger partial charge on any atom is -0.439 e. The van der Waals surface area contributed by atoms with Crippen LogP contribution in [0.5, 0.6) is 11.6 Å². The summed E-state index contributed by atoms with van der Waals surface area (Å²) < 4.78 is 6.42. The number of nitrogens with zero attached hydrogens (tertiary/aromatic N) is 2. The van der Waals surface area contributed by atoms with Gasteiger partial charge in [0, 0.05) is 6.07 Å². The second kappa shape index (κ2) is 4.84. The van der Waals surface area contributed by atoms with Crippen LogP contribution >= 0.6 is 15.9 Å². The third-order valence-corrected chi connectivity index (χ3v) is 2.89. The first-order valence-corrected chi connectivity index (χ1v) is 6.10. The Morgan fingerprint density at radius 1 is 1.00 bits per heavy atom. The highest BCUT2D eigenvalue weighted by Gasteiger charge is 2.03. The maximum Gasteiger partial charge on any atom is 0.223 e. The average Bonchev–Trinajstić information content (AvgIpc) is 2.22. The van der Waals surface area contributed by atoms with Gasteiger partial charge in [-0.25, -0.2) is 4.98 Å². The molecular weight excluding hydrogens is 280 g/mol. The van der Waals surface area contributed by atoms with Gasteiger partial charge in [-0.3, -0.25) is 0 Å². The number of aromatic nitrogens is 2. The Morgan fingerprint density at radius 3 is 2.41 bits per heavy atom. The Labute approximate surface area is 109 Å². The molecule has 0 spiro atoms. The first kappa shape index (κ1) is 12.0. The lowest BCUT2D eigenvalue weighted by molar-refractivity contribution is 0.458. The Morgan fingerprint density at radius 2 is 1.76 bits per heavy atom. The number of hydrogen-bond donors (Lipinski definition) is 0. The van der Waals surface area contributed by atoms with Crippen molar-refractivity contribution < 1.29 is 4.74 Å². The molecule has 0 aliphatic heterocycles. The fraction of sp³-hybridized carbons (Fsp3) is 0.231. The molecular formula is C13H13BrN2O. The monoisotopic (exact) mass is 292 g/mol. The Kier molecular flexibility index (Phi) is 3.43. The van der Waals surface area contributed by atoms with Crippen molar-refractivity contribution in [1.29, 1.82) is 0 Å². The van der Waals surface area contributed by atoms with Crippen molar-refractivity contribution in [3.05, 3.63) is 45.8 Å². The largest absolute Gasteiger partial charge is 0.439 e. The topological polar surface area (TPSA) is 35.0 Å². The molecule has 2 rings (SSSR count). The smallest absolute Gasteiger partial charge is 0.223 e. The molecule has 0 radical (unpaired) electrons. The summed E-state index contributed by atoms with van der Waals surface area (Å²) in [5.74, 6) is 2.02. The van der Waals surface area contributed by atoms with Crippen molar-refractivity contribution in [2.24, 2.45) is 0 Å². The van der Waals surface area contributed by atoms with Crippen LogP contribution in [0.2, 0.25) is 0 Å². The van der Waals surface area contributed by atoms with E-state index in [1.807, 2.05) is 25.1 Å². The highest BCUT2D eigenvalue weighted by Crippen LogP contribution is 2.23. The van der Waals surface area contributed by atoms with Crippen molar-refractivity contribution in [3.8, 4) is 11.6 Å². The number of ether oxygens (including phenoxy) is 1. The Hall–Kier alpha value is -1.42. The summed E-state index contributed by atoms with van der Waals surface area (Å²) in [7, 11) is 0. The van der Waals surface area contributed by atoms with Crippen molar-refractivity contribution >= 4 is 15.9 Å². The van der Waals surface area contributed by atoms with E-state index in [0.717, 1.165) is 10.4 Å². The lowest BCUT2D eigenvalue weighted by Gasteiger charge is -2.07. The van der Waals surface area contributed by atoms with Crippen LogP contribution < -0.4 is 4.74 Å². The summed E-state index contributed by atoms with van der Waals surface area (Å²) in [6.07, 6.45) is 0. The van der Waals surface area contributed by atoms with Gasteiger partial charge in [0.1, 0.15) is 16.2 Å². The van der Waals surface area contributed by atoms with Gasteiger partial charge in [0.05, 0.1) is 0 Å². The molecule has 3 nitrogen and oxygen atoms in total. The van der Waals surface area contributed by atoms with E-state index in [4.69, 9.17) is 4.74 Å². The van der Waals surface area contributed by atoms with E-state index in [-0.39, 0.29) is 0 Å². The van der Waals surface area contributed by atoms with Crippen molar-refractivity contribution in [1.82, 2.24) is 9.97 Å². The number of rotatable bonds is 2. The lowest BCUT2D eigenvalue weighted by atomic mass is 10.1. The molecule has 2 aromatic rings. The summed E-state index contributed by atoms with van der Waals surface area (Å²) in [5.41, 5.74) is 2.45. The number of benzene rings is 1. The summed E-state index contributed by atoms with van der Waals surface area (Å²) >= 11 is 3.32. The predicted molar refractivity (Wildman–Crippen MR) is 70.5 cm³/mol. The summed E-state index contributed by atoms with van der Waals surface area (Å²) in [4.78, 5) is 8.35. The van der Waals surface area contributed by atoms with Gasteiger partial charge < -0.3 is 4.74 Å². The highest BCUT2D eigenvalue weighted by atomic mass is 79.9. The molecule has 0 saturated heterocycles. The van der Waals surface area contributed by atoms with Gasteiger partial charge in [0.2, 0.25) is 5.88 Å². The van der Waals surface area contributed by atoms with Gasteiger partial charge in [0.15, 0.2) is 0 Å². The second-order valence-corrected chi connectivity index (χ2v) is 4.74. The number of halogens is 1. The van der Waals surface area contributed by atoms with Crippen molar-refractivity contribution in [3.63, 3.8) is 0 Å². The molecule has 1 aromatic heterocycles. The fourth-order valence-electron chi connectivity index (χ4n) is 1.46. The molecule has 0 bridgehead atoms. The molecule has 4 heteroatoms. The maximum absolute atomic E-state index is 5.69. The van der Waals surface area contributed by atoms with Gasteiger partial charge in [-0.2, -0.15) is 4.98 Å². The lowest BCUT2D eigenvalue weighted by Crippen LogP contribution is -1.94. The van der Waals surface area contributed by atoms with Crippen LogP contribution in [0, 0.1) is 20.8 Å². The standard InChI is InChI=1S/C13H13BrN2O/c1-8-4-5-11(6-9(8)2)17-13-7-12(14)15-10(3)16-13/h4-7H,1-3H3. The van der Waals surface area contributed by atoms with Crippen LogP contribution in [0.3, 0.4) is 0 Å².